The lowest BCUT2D eigenvalue weighted by atomic mass is 10.00. The third-order valence-electron chi connectivity index (χ3n) is 7.43. The van der Waals surface area contributed by atoms with Crippen LogP contribution in [0.15, 0.2) is 10.8 Å². The molecule has 0 N–H and O–H groups in total. The summed E-state index contributed by atoms with van der Waals surface area (Å²) in [6.07, 6.45) is 37.4. The standard InChI is InChI=1S/C32H60S/c1-3-5-7-9-11-13-14-15-16-17-18-19-20-22-24-26-28-32-30-33-29-31(32)27-25-23-21-12-10-8-6-4-2/h29-30H,3-28H2,1-2H3. The molecule has 0 atom stereocenters. The Bertz CT molecular complexity index is 488. The first-order valence-electron chi connectivity index (χ1n) is 15.4. The Labute approximate surface area is 213 Å². The maximum absolute atomic E-state index is 2.44. The minimum Gasteiger partial charge on any atom is -0.152 e. The number of rotatable bonds is 26. The van der Waals surface area contributed by atoms with Gasteiger partial charge in [-0.1, -0.05) is 155 Å². The van der Waals surface area contributed by atoms with Gasteiger partial charge in [0.25, 0.3) is 0 Å². The maximum atomic E-state index is 2.44. The van der Waals surface area contributed by atoms with E-state index in [1.165, 1.54) is 167 Å². The lowest BCUT2D eigenvalue weighted by molar-refractivity contribution is 0.529. The van der Waals surface area contributed by atoms with Gasteiger partial charge in [-0.15, -0.1) is 0 Å². The molecule has 0 aliphatic carbocycles. The van der Waals surface area contributed by atoms with Crippen LogP contribution in [0.5, 0.6) is 0 Å². The average Bonchev–Trinajstić information content (AvgIpc) is 3.27. The van der Waals surface area contributed by atoms with E-state index in [4.69, 9.17) is 0 Å². The van der Waals surface area contributed by atoms with Crippen LogP contribution in [0.1, 0.15) is 179 Å². The fourth-order valence-electron chi connectivity index (χ4n) is 5.10. The number of thiophene rings is 1. The lowest BCUT2D eigenvalue weighted by Gasteiger charge is -2.06. The molecule has 1 heteroatoms. The molecule has 0 saturated heterocycles. The number of unbranched alkanes of at least 4 members (excludes halogenated alkanes) is 22. The molecule has 1 aromatic heterocycles. The van der Waals surface area contributed by atoms with Crippen molar-refractivity contribution in [2.45, 2.75) is 181 Å². The first-order chi connectivity index (χ1) is 16.4. The molecule has 0 bridgehead atoms. The SMILES string of the molecule is CCCCCCCCCCCCCCCCCCc1cscc1CCCCCCCCCC. The maximum Gasteiger partial charge on any atom is -0.00584 e. The highest BCUT2D eigenvalue weighted by Gasteiger charge is 2.04. The largest absolute Gasteiger partial charge is 0.152 e. The summed E-state index contributed by atoms with van der Waals surface area (Å²) in [6, 6.07) is 0. The van der Waals surface area contributed by atoms with E-state index in [-0.39, 0.29) is 0 Å². The van der Waals surface area contributed by atoms with Gasteiger partial charge in [-0.3, -0.25) is 0 Å². The summed E-state index contributed by atoms with van der Waals surface area (Å²) in [5.74, 6) is 0. The second-order valence-electron chi connectivity index (χ2n) is 10.7. The van der Waals surface area contributed by atoms with Crippen molar-refractivity contribution in [3.8, 4) is 0 Å². The molecule has 0 radical (unpaired) electrons. The fourth-order valence-corrected chi connectivity index (χ4v) is 6.04. The Morgan fingerprint density at radius 3 is 0.879 bits per heavy atom. The molecule has 0 aromatic carbocycles. The van der Waals surface area contributed by atoms with Crippen LogP contribution in [0.3, 0.4) is 0 Å². The normalized spacial score (nSPS) is 11.5. The zero-order valence-electron chi connectivity index (χ0n) is 22.9. The minimum atomic E-state index is 1.33. The summed E-state index contributed by atoms with van der Waals surface area (Å²) in [5.41, 5.74) is 3.35. The Morgan fingerprint density at radius 2 is 0.606 bits per heavy atom. The molecular formula is C32H60S. The van der Waals surface area contributed by atoms with Gasteiger partial charge in [-0.25, -0.2) is 0 Å². The van der Waals surface area contributed by atoms with Crippen LogP contribution < -0.4 is 0 Å². The molecule has 0 fully saturated rings. The van der Waals surface area contributed by atoms with Crippen LogP contribution in [-0.2, 0) is 12.8 Å². The van der Waals surface area contributed by atoms with Gasteiger partial charge in [-0.05, 0) is 47.6 Å². The van der Waals surface area contributed by atoms with Crippen LogP contribution in [0, 0.1) is 0 Å². The summed E-state index contributed by atoms with van der Waals surface area (Å²) in [4.78, 5) is 0. The Kier molecular flexibility index (Phi) is 23.1. The second kappa shape index (κ2) is 24.8. The van der Waals surface area contributed by atoms with E-state index in [0.717, 1.165) is 0 Å². The summed E-state index contributed by atoms with van der Waals surface area (Å²) in [6.45, 7) is 4.61. The first-order valence-corrected chi connectivity index (χ1v) is 16.4. The molecule has 0 unspecified atom stereocenters. The molecule has 194 valence electrons. The Hall–Kier alpha value is -0.300. The molecule has 0 saturated carbocycles. The van der Waals surface area contributed by atoms with Gasteiger partial charge in [0.2, 0.25) is 0 Å². The minimum absolute atomic E-state index is 1.33. The van der Waals surface area contributed by atoms with E-state index < -0.39 is 0 Å². The molecule has 0 nitrogen and oxygen atoms in total. The summed E-state index contributed by atoms with van der Waals surface area (Å²) in [5, 5.41) is 4.87. The smallest absolute Gasteiger partial charge is 0.00584 e. The van der Waals surface area contributed by atoms with Crippen LogP contribution in [0.25, 0.3) is 0 Å². The molecule has 33 heavy (non-hydrogen) atoms. The van der Waals surface area contributed by atoms with Crippen molar-refractivity contribution in [1.29, 1.82) is 0 Å². The molecule has 0 aliphatic rings. The summed E-state index contributed by atoms with van der Waals surface area (Å²) in [7, 11) is 0. The molecular weight excluding hydrogens is 416 g/mol. The van der Waals surface area contributed by atoms with Gasteiger partial charge in [0.05, 0.1) is 0 Å². The van der Waals surface area contributed by atoms with Crippen LogP contribution >= 0.6 is 11.3 Å². The van der Waals surface area contributed by atoms with E-state index in [0.29, 0.717) is 0 Å². The topological polar surface area (TPSA) is 0 Å². The first kappa shape index (κ1) is 30.7. The molecule has 1 rings (SSSR count). The van der Waals surface area contributed by atoms with Gasteiger partial charge in [0, 0.05) is 0 Å². The highest BCUT2D eigenvalue weighted by molar-refractivity contribution is 7.08. The van der Waals surface area contributed by atoms with Crippen LogP contribution in [0.2, 0.25) is 0 Å². The number of aryl methyl sites for hydroxylation is 2. The molecule has 1 aromatic rings. The Balaban J connectivity index is 1.85. The predicted molar refractivity (Wildman–Crippen MR) is 154 cm³/mol. The van der Waals surface area contributed by atoms with E-state index >= 15 is 0 Å². The van der Waals surface area contributed by atoms with Crippen molar-refractivity contribution < 1.29 is 0 Å². The second-order valence-corrected chi connectivity index (χ2v) is 11.4. The van der Waals surface area contributed by atoms with E-state index in [1.807, 2.05) is 11.3 Å². The molecule has 0 spiro atoms. The van der Waals surface area contributed by atoms with Gasteiger partial charge < -0.3 is 0 Å². The summed E-state index contributed by atoms with van der Waals surface area (Å²) >= 11 is 1.93. The Morgan fingerprint density at radius 1 is 0.364 bits per heavy atom. The third-order valence-corrected chi connectivity index (χ3v) is 8.27. The monoisotopic (exact) mass is 476 g/mol. The van der Waals surface area contributed by atoms with Crippen molar-refractivity contribution in [2.24, 2.45) is 0 Å². The van der Waals surface area contributed by atoms with Crippen molar-refractivity contribution in [2.75, 3.05) is 0 Å². The fraction of sp³-hybridized carbons (Fsp3) is 0.875. The lowest BCUT2D eigenvalue weighted by Crippen LogP contribution is -1.92. The molecule has 0 amide bonds. The van der Waals surface area contributed by atoms with E-state index in [1.54, 1.807) is 11.1 Å². The van der Waals surface area contributed by atoms with Crippen molar-refractivity contribution in [3.63, 3.8) is 0 Å². The van der Waals surface area contributed by atoms with E-state index in [9.17, 15) is 0 Å². The third kappa shape index (κ3) is 19.7. The van der Waals surface area contributed by atoms with Crippen LogP contribution in [-0.4, -0.2) is 0 Å². The van der Waals surface area contributed by atoms with Crippen molar-refractivity contribution in [1.82, 2.24) is 0 Å². The van der Waals surface area contributed by atoms with Gasteiger partial charge in [-0.2, -0.15) is 11.3 Å². The number of hydrogen-bond donors (Lipinski definition) is 0. The predicted octanol–water partition coefficient (Wildman–Crippen LogP) is 12.2. The molecule has 1 heterocycles. The van der Waals surface area contributed by atoms with Gasteiger partial charge >= 0.3 is 0 Å². The quantitative estimate of drug-likeness (QED) is 0.117. The zero-order valence-corrected chi connectivity index (χ0v) is 23.8. The van der Waals surface area contributed by atoms with Crippen LogP contribution in [0.4, 0.5) is 0 Å². The summed E-state index contributed by atoms with van der Waals surface area (Å²) < 4.78 is 0. The molecule has 0 aliphatic heterocycles. The highest BCUT2D eigenvalue weighted by Crippen LogP contribution is 2.21. The van der Waals surface area contributed by atoms with Gasteiger partial charge in [0.1, 0.15) is 0 Å². The van der Waals surface area contributed by atoms with Crippen molar-refractivity contribution in [3.05, 3.63) is 21.9 Å². The highest BCUT2D eigenvalue weighted by atomic mass is 32.1. The van der Waals surface area contributed by atoms with Crippen molar-refractivity contribution >= 4 is 11.3 Å². The average molecular weight is 477 g/mol. The van der Waals surface area contributed by atoms with Gasteiger partial charge in [0.15, 0.2) is 0 Å². The zero-order chi connectivity index (χ0) is 23.7. The number of hydrogen-bond acceptors (Lipinski definition) is 1. The van der Waals surface area contributed by atoms with E-state index in [2.05, 4.69) is 24.6 Å².